The second-order valence-corrected chi connectivity index (χ2v) is 5.18. The molecule has 8 N–H and O–H groups in total. The standard InChI is InChI=1S/C17H20N4O2/c18-13-4-7-15(19)12(10-13)3-8-17(23)21-14-5-1-11(2-6-14)9-16(20)22/h1-8,10,16,22H,9,18-20H2,(H,21,23). The average molecular weight is 312 g/mol. The van der Waals surface area contributed by atoms with Crippen LogP contribution in [-0.2, 0) is 11.2 Å². The van der Waals surface area contributed by atoms with Gasteiger partial charge in [0.1, 0.15) is 6.23 Å². The van der Waals surface area contributed by atoms with Gasteiger partial charge >= 0.3 is 0 Å². The van der Waals surface area contributed by atoms with E-state index >= 15 is 0 Å². The molecule has 6 heteroatoms. The molecule has 1 unspecified atom stereocenters. The van der Waals surface area contributed by atoms with Crippen molar-refractivity contribution in [2.24, 2.45) is 5.73 Å². The lowest BCUT2D eigenvalue weighted by Crippen LogP contribution is -2.21. The minimum absolute atomic E-state index is 0.279. The third-order valence-corrected chi connectivity index (χ3v) is 3.19. The fourth-order valence-corrected chi connectivity index (χ4v) is 2.05. The Bertz CT molecular complexity index is 709. The quantitative estimate of drug-likeness (QED) is 0.323. The van der Waals surface area contributed by atoms with Crippen molar-refractivity contribution in [3.05, 3.63) is 59.7 Å². The van der Waals surface area contributed by atoms with Crippen LogP contribution in [0, 0.1) is 0 Å². The molecule has 1 amide bonds. The first-order valence-electron chi connectivity index (χ1n) is 7.10. The second-order valence-electron chi connectivity index (χ2n) is 5.18. The predicted molar refractivity (Wildman–Crippen MR) is 93.3 cm³/mol. The molecular formula is C17H20N4O2. The van der Waals surface area contributed by atoms with Crippen molar-refractivity contribution in [3.63, 3.8) is 0 Å². The molecule has 0 aliphatic carbocycles. The number of aliphatic hydroxyl groups excluding tert-OH is 1. The number of carbonyl (C=O) groups is 1. The van der Waals surface area contributed by atoms with Crippen molar-refractivity contribution in [2.75, 3.05) is 16.8 Å². The van der Waals surface area contributed by atoms with Crippen LogP contribution < -0.4 is 22.5 Å². The summed E-state index contributed by atoms with van der Waals surface area (Å²) in [7, 11) is 0. The number of rotatable bonds is 5. The second kappa shape index (κ2) is 7.44. The van der Waals surface area contributed by atoms with Gasteiger partial charge in [0.05, 0.1) is 0 Å². The molecule has 0 heterocycles. The van der Waals surface area contributed by atoms with E-state index in [2.05, 4.69) is 5.32 Å². The maximum absolute atomic E-state index is 11.9. The Labute approximate surface area is 134 Å². The summed E-state index contributed by atoms with van der Waals surface area (Å²) >= 11 is 0. The largest absolute Gasteiger partial charge is 0.399 e. The molecule has 120 valence electrons. The molecule has 0 bridgehead atoms. The lowest BCUT2D eigenvalue weighted by Gasteiger charge is -2.06. The third kappa shape index (κ3) is 5.14. The number of nitrogen functional groups attached to an aromatic ring is 2. The molecular weight excluding hydrogens is 292 g/mol. The van der Waals surface area contributed by atoms with E-state index in [-0.39, 0.29) is 5.91 Å². The van der Waals surface area contributed by atoms with Crippen LogP contribution in [-0.4, -0.2) is 17.2 Å². The van der Waals surface area contributed by atoms with Crippen molar-refractivity contribution in [1.82, 2.24) is 0 Å². The Balaban J connectivity index is 1.99. The Hall–Kier alpha value is -2.83. The molecule has 0 spiro atoms. The number of carbonyl (C=O) groups excluding carboxylic acids is 1. The van der Waals surface area contributed by atoms with Crippen molar-refractivity contribution < 1.29 is 9.90 Å². The smallest absolute Gasteiger partial charge is 0.248 e. The monoisotopic (exact) mass is 312 g/mol. The van der Waals surface area contributed by atoms with E-state index in [1.54, 1.807) is 48.5 Å². The summed E-state index contributed by atoms with van der Waals surface area (Å²) in [5.74, 6) is -0.279. The first-order chi connectivity index (χ1) is 10.9. The Morgan fingerprint density at radius 2 is 1.87 bits per heavy atom. The minimum Gasteiger partial charge on any atom is -0.399 e. The van der Waals surface area contributed by atoms with Gasteiger partial charge in [0.25, 0.3) is 0 Å². The Kier molecular flexibility index (Phi) is 5.35. The van der Waals surface area contributed by atoms with Crippen LogP contribution in [0.1, 0.15) is 11.1 Å². The Morgan fingerprint density at radius 1 is 1.17 bits per heavy atom. The number of aliphatic hydroxyl groups is 1. The van der Waals surface area contributed by atoms with E-state index in [0.717, 1.165) is 5.56 Å². The minimum atomic E-state index is -0.887. The SMILES string of the molecule is Nc1ccc(N)c(C=CC(=O)Nc2ccc(CC(N)O)cc2)c1. The van der Waals surface area contributed by atoms with Crippen LogP contribution in [0.3, 0.4) is 0 Å². The van der Waals surface area contributed by atoms with Gasteiger partial charge in [-0.05, 0) is 47.5 Å². The van der Waals surface area contributed by atoms with Crippen LogP contribution in [0.25, 0.3) is 6.08 Å². The third-order valence-electron chi connectivity index (χ3n) is 3.19. The van der Waals surface area contributed by atoms with Gasteiger partial charge in [-0.15, -0.1) is 0 Å². The van der Waals surface area contributed by atoms with Crippen LogP contribution in [0.5, 0.6) is 0 Å². The summed E-state index contributed by atoms with van der Waals surface area (Å²) in [6, 6.07) is 12.2. The lowest BCUT2D eigenvalue weighted by atomic mass is 10.1. The van der Waals surface area contributed by atoms with Crippen molar-refractivity contribution in [2.45, 2.75) is 12.6 Å². The van der Waals surface area contributed by atoms with Crippen LogP contribution in [0.15, 0.2) is 48.5 Å². The van der Waals surface area contributed by atoms with Gasteiger partial charge in [0, 0.05) is 29.6 Å². The molecule has 0 aliphatic rings. The number of hydrogen-bond donors (Lipinski definition) is 5. The maximum Gasteiger partial charge on any atom is 0.248 e. The van der Waals surface area contributed by atoms with E-state index in [1.807, 2.05) is 0 Å². The van der Waals surface area contributed by atoms with Crippen molar-refractivity contribution in [3.8, 4) is 0 Å². The molecule has 23 heavy (non-hydrogen) atoms. The molecule has 0 aliphatic heterocycles. The predicted octanol–water partition coefficient (Wildman–Crippen LogP) is 1.32. The molecule has 2 aromatic rings. The van der Waals surface area contributed by atoms with Gasteiger partial charge in [-0.25, -0.2) is 0 Å². The van der Waals surface area contributed by atoms with E-state index < -0.39 is 6.23 Å². The molecule has 0 saturated heterocycles. The highest BCUT2D eigenvalue weighted by Crippen LogP contribution is 2.17. The van der Waals surface area contributed by atoms with Gasteiger partial charge in [0.15, 0.2) is 0 Å². The zero-order valence-corrected chi connectivity index (χ0v) is 12.6. The topological polar surface area (TPSA) is 127 Å². The van der Waals surface area contributed by atoms with E-state index in [9.17, 15) is 4.79 Å². The summed E-state index contributed by atoms with van der Waals surface area (Å²) < 4.78 is 0. The molecule has 2 aromatic carbocycles. The number of hydrogen-bond acceptors (Lipinski definition) is 5. The molecule has 2 rings (SSSR count). The Morgan fingerprint density at radius 3 is 2.52 bits per heavy atom. The van der Waals surface area contributed by atoms with Crippen molar-refractivity contribution in [1.29, 1.82) is 0 Å². The van der Waals surface area contributed by atoms with Gasteiger partial charge in [0.2, 0.25) is 5.91 Å². The molecule has 6 nitrogen and oxygen atoms in total. The van der Waals surface area contributed by atoms with E-state index in [0.29, 0.717) is 29.0 Å². The number of benzene rings is 2. The van der Waals surface area contributed by atoms with Gasteiger partial charge in [-0.2, -0.15) is 0 Å². The molecule has 0 saturated carbocycles. The van der Waals surface area contributed by atoms with Gasteiger partial charge in [-0.3, -0.25) is 4.79 Å². The van der Waals surface area contributed by atoms with Gasteiger partial charge < -0.3 is 27.6 Å². The summed E-state index contributed by atoms with van der Waals surface area (Å²) in [5, 5.41) is 11.9. The zero-order valence-electron chi connectivity index (χ0n) is 12.6. The van der Waals surface area contributed by atoms with Crippen LogP contribution in [0.2, 0.25) is 0 Å². The van der Waals surface area contributed by atoms with E-state index in [4.69, 9.17) is 22.3 Å². The normalized spacial score (nSPS) is 12.3. The number of anilines is 3. The first-order valence-corrected chi connectivity index (χ1v) is 7.10. The maximum atomic E-state index is 11.9. The molecule has 0 aromatic heterocycles. The highest BCUT2D eigenvalue weighted by molar-refractivity contribution is 6.02. The van der Waals surface area contributed by atoms with Crippen LogP contribution in [0.4, 0.5) is 17.1 Å². The summed E-state index contributed by atoms with van der Waals surface area (Å²) in [6.45, 7) is 0. The number of nitrogens with one attached hydrogen (secondary N) is 1. The number of nitrogens with two attached hydrogens (primary N) is 3. The zero-order chi connectivity index (χ0) is 16.8. The fourth-order valence-electron chi connectivity index (χ4n) is 2.05. The van der Waals surface area contributed by atoms with E-state index in [1.165, 1.54) is 6.08 Å². The van der Waals surface area contributed by atoms with Gasteiger partial charge in [-0.1, -0.05) is 12.1 Å². The summed E-state index contributed by atoms with van der Waals surface area (Å²) in [4.78, 5) is 11.9. The fraction of sp³-hybridized carbons (Fsp3) is 0.118. The first kappa shape index (κ1) is 16.5. The molecule has 0 radical (unpaired) electrons. The molecule has 1 atom stereocenters. The highest BCUT2D eigenvalue weighted by Gasteiger charge is 2.02. The summed E-state index contributed by atoms with van der Waals surface area (Å²) in [6.07, 6.45) is 2.48. The highest BCUT2D eigenvalue weighted by atomic mass is 16.3. The molecule has 0 fully saturated rings. The number of amides is 1. The summed E-state index contributed by atoms with van der Waals surface area (Å²) in [5.41, 5.74) is 20.2. The van der Waals surface area contributed by atoms with Crippen LogP contribution >= 0.6 is 0 Å². The average Bonchev–Trinajstić information content (AvgIpc) is 2.50. The van der Waals surface area contributed by atoms with Crippen molar-refractivity contribution >= 4 is 29.0 Å². The lowest BCUT2D eigenvalue weighted by molar-refractivity contribution is -0.111.